The van der Waals surface area contributed by atoms with Gasteiger partial charge in [0.1, 0.15) is 5.75 Å². The first-order valence-corrected chi connectivity index (χ1v) is 6.28. The normalized spacial score (nSPS) is 13.9. The van der Waals surface area contributed by atoms with Crippen LogP contribution in [0.25, 0.3) is 0 Å². The molecule has 0 aliphatic carbocycles. The van der Waals surface area contributed by atoms with Crippen LogP contribution in [0.15, 0.2) is 30.6 Å². The summed E-state index contributed by atoms with van der Waals surface area (Å²) in [6, 6.07) is 2.13. The second-order valence-electron chi connectivity index (χ2n) is 4.40. The predicted octanol–water partition coefficient (Wildman–Crippen LogP) is 3.96. The third-order valence-corrected chi connectivity index (χ3v) is 3.06. The summed E-state index contributed by atoms with van der Waals surface area (Å²) in [6.45, 7) is 0. The Balaban J connectivity index is 2.25. The van der Waals surface area contributed by atoms with Crippen LogP contribution in [0.3, 0.4) is 0 Å². The van der Waals surface area contributed by atoms with E-state index in [4.69, 9.17) is 17.3 Å². The SMILES string of the molecule is NC(c1ccc(OC(F)(F)F)c(Cl)c1)c1cnn(C(F)(F)F)c1. The first-order chi connectivity index (χ1) is 10.5. The molecule has 0 amide bonds. The van der Waals surface area contributed by atoms with Crippen molar-refractivity contribution in [1.29, 1.82) is 0 Å². The van der Waals surface area contributed by atoms with E-state index in [2.05, 4.69) is 9.84 Å². The summed E-state index contributed by atoms with van der Waals surface area (Å²) < 4.78 is 77.2. The van der Waals surface area contributed by atoms with E-state index in [0.29, 0.717) is 6.20 Å². The number of alkyl halides is 6. The van der Waals surface area contributed by atoms with Crippen LogP contribution in [-0.4, -0.2) is 16.1 Å². The molecule has 1 unspecified atom stereocenters. The largest absolute Gasteiger partial charge is 0.573 e. The van der Waals surface area contributed by atoms with Gasteiger partial charge in [-0.3, -0.25) is 0 Å². The standard InChI is InChI=1S/C12H8ClF6N3O/c13-8-3-6(1-2-9(8)23-12(17,18)19)10(20)7-4-21-22(5-7)11(14,15)16/h1-5,10H,20H2. The van der Waals surface area contributed by atoms with Crippen LogP contribution in [0.5, 0.6) is 5.75 Å². The van der Waals surface area contributed by atoms with Gasteiger partial charge >= 0.3 is 12.7 Å². The topological polar surface area (TPSA) is 53.1 Å². The van der Waals surface area contributed by atoms with Gasteiger partial charge in [0.2, 0.25) is 0 Å². The van der Waals surface area contributed by atoms with Gasteiger partial charge in [0, 0.05) is 11.8 Å². The summed E-state index contributed by atoms with van der Waals surface area (Å²) in [7, 11) is 0. The van der Waals surface area contributed by atoms with Gasteiger partial charge in [-0.15, -0.1) is 26.3 Å². The van der Waals surface area contributed by atoms with Gasteiger partial charge in [-0.05, 0) is 17.7 Å². The first kappa shape index (κ1) is 17.4. The summed E-state index contributed by atoms with van der Waals surface area (Å²) in [5.41, 5.74) is 5.99. The summed E-state index contributed by atoms with van der Waals surface area (Å²) >= 11 is 5.66. The van der Waals surface area contributed by atoms with Gasteiger partial charge < -0.3 is 10.5 Å². The number of hydrogen-bond donors (Lipinski definition) is 1. The molecule has 23 heavy (non-hydrogen) atoms. The molecule has 2 aromatic rings. The lowest BCUT2D eigenvalue weighted by Crippen LogP contribution is -2.18. The van der Waals surface area contributed by atoms with E-state index < -0.39 is 24.5 Å². The fourth-order valence-electron chi connectivity index (χ4n) is 1.75. The average molecular weight is 360 g/mol. The van der Waals surface area contributed by atoms with Crippen molar-refractivity contribution >= 4 is 11.6 Å². The first-order valence-electron chi connectivity index (χ1n) is 5.90. The van der Waals surface area contributed by atoms with Crippen LogP contribution in [0, 0.1) is 0 Å². The van der Waals surface area contributed by atoms with E-state index in [1.54, 1.807) is 0 Å². The van der Waals surface area contributed by atoms with Crippen molar-refractivity contribution in [2.45, 2.75) is 18.7 Å². The van der Waals surface area contributed by atoms with E-state index in [1.807, 2.05) is 0 Å². The van der Waals surface area contributed by atoms with Gasteiger partial charge in [-0.1, -0.05) is 17.7 Å². The molecule has 0 saturated heterocycles. The van der Waals surface area contributed by atoms with Crippen LogP contribution >= 0.6 is 11.6 Å². The van der Waals surface area contributed by atoms with Crippen LogP contribution in [0.1, 0.15) is 17.2 Å². The number of nitrogens with zero attached hydrogens (tertiary/aromatic N) is 2. The summed E-state index contributed by atoms with van der Waals surface area (Å²) in [6.07, 6.45) is -8.02. The number of hydrogen-bond acceptors (Lipinski definition) is 3. The van der Waals surface area contributed by atoms with E-state index in [0.717, 1.165) is 18.3 Å². The summed E-state index contributed by atoms with van der Waals surface area (Å²) in [4.78, 5) is 0. The molecule has 126 valence electrons. The fraction of sp³-hybridized carbons (Fsp3) is 0.250. The van der Waals surface area contributed by atoms with Crippen LogP contribution in [0.2, 0.25) is 5.02 Å². The zero-order valence-electron chi connectivity index (χ0n) is 11.0. The molecule has 11 heteroatoms. The lowest BCUT2D eigenvalue weighted by atomic mass is 10.0. The van der Waals surface area contributed by atoms with Crippen molar-refractivity contribution in [3.63, 3.8) is 0 Å². The Bertz CT molecular complexity index is 697. The number of aromatic nitrogens is 2. The minimum absolute atomic E-state index is 0.0166. The molecule has 4 nitrogen and oxygen atoms in total. The minimum atomic E-state index is -4.92. The van der Waals surface area contributed by atoms with Crippen molar-refractivity contribution in [2.75, 3.05) is 0 Å². The molecule has 0 bridgehead atoms. The highest BCUT2D eigenvalue weighted by Crippen LogP contribution is 2.33. The monoisotopic (exact) mass is 359 g/mol. The predicted molar refractivity (Wildman–Crippen MR) is 67.7 cm³/mol. The Morgan fingerprint density at radius 2 is 1.78 bits per heavy atom. The molecule has 2 rings (SSSR count). The maximum absolute atomic E-state index is 12.5. The zero-order chi connectivity index (χ0) is 17.4. The molecule has 1 atom stereocenters. The lowest BCUT2D eigenvalue weighted by Gasteiger charge is -2.14. The Hall–Kier alpha value is -1.94. The van der Waals surface area contributed by atoms with Crippen molar-refractivity contribution in [3.8, 4) is 5.75 Å². The molecular formula is C12H8ClF6N3O. The molecule has 1 heterocycles. The number of ether oxygens (including phenoxy) is 1. The van der Waals surface area contributed by atoms with Crippen molar-refractivity contribution in [1.82, 2.24) is 9.78 Å². The molecule has 0 fully saturated rings. The van der Waals surface area contributed by atoms with Gasteiger partial charge in [0.25, 0.3) is 0 Å². The maximum atomic E-state index is 12.5. The molecule has 0 aliphatic heterocycles. The van der Waals surface area contributed by atoms with Crippen LogP contribution in [-0.2, 0) is 6.30 Å². The summed E-state index contributed by atoms with van der Waals surface area (Å²) in [5, 5.41) is 2.75. The van der Waals surface area contributed by atoms with E-state index >= 15 is 0 Å². The lowest BCUT2D eigenvalue weighted by molar-refractivity contribution is -0.274. The third-order valence-electron chi connectivity index (χ3n) is 2.76. The maximum Gasteiger partial charge on any atom is 0.573 e. The van der Waals surface area contributed by atoms with Crippen molar-refractivity contribution in [3.05, 3.63) is 46.7 Å². The highest BCUT2D eigenvalue weighted by atomic mass is 35.5. The third kappa shape index (κ3) is 4.29. The number of benzene rings is 1. The second kappa shape index (κ2) is 5.93. The Kier molecular flexibility index (Phi) is 4.49. The minimum Gasteiger partial charge on any atom is -0.404 e. The second-order valence-corrected chi connectivity index (χ2v) is 4.81. The average Bonchev–Trinajstić information content (AvgIpc) is 2.88. The van der Waals surface area contributed by atoms with E-state index in [9.17, 15) is 26.3 Å². The van der Waals surface area contributed by atoms with Crippen molar-refractivity contribution < 1.29 is 31.1 Å². The van der Waals surface area contributed by atoms with E-state index in [-0.39, 0.29) is 20.8 Å². The van der Waals surface area contributed by atoms with Crippen LogP contribution < -0.4 is 10.5 Å². The Morgan fingerprint density at radius 3 is 2.26 bits per heavy atom. The quantitative estimate of drug-likeness (QED) is 0.844. The van der Waals surface area contributed by atoms with Gasteiger partial charge in [-0.2, -0.15) is 9.78 Å². The molecular weight excluding hydrogens is 352 g/mol. The van der Waals surface area contributed by atoms with Gasteiger partial charge in [-0.25, -0.2) is 0 Å². The fourth-order valence-corrected chi connectivity index (χ4v) is 1.97. The molecule has 2 N–H and O–H groups in total. The van der Waals surface area contributed by atoms with Crippen molar-refractivity contribution in [2.24, 2.45) is 5.73 Å². The number of rotatable bonds is 3. The highest BCUT2D eigenvalue weighted by Gasteiger charge is 2.33. The molecule has 0 aliphatic rings. The van der Waals surface area contributed by atoms with Gasteiger partial charge in [0.15, 0.2) is 0 Å². The molecule has 0 spiro atoms. The smallest absolute Gasteiger partial charge is 0.404 e. The summed E-state index contributed by atoms with van der Waals surface area (Å²) in [5.74, 6) is -0.638. The van der Waals surface area contributed by atoms with Gasteiger partial charge in [0.05, 0.1) is 17.3 Å². The molecule has 1 aromatic heterocycles. The van der Waals surface area contributed by atoms with Crippen LogP contribution in [0.4, 0.5) is 26.3 Å². The zero-order valence-corrected chi connectivity index (χ0v) is 11.7. The number of halogens is 7. The Labute approximate surface area is 130 Å². The molecule has 0 radical (unpaired) electrons. The molecule has 1 aromatic carbocycles. The Morgan fingerprint density at radius 1 is 1.13 bits per heavy atom. The molecule has 0 saturated carbocycles. The highest BCUT2D eigenvalue weighted by molar-refractivity contribution is 6.32. The van der Waals surface area contributed by atoms with E-state index in [1.165, 1.54) is 6.07 Å². The number of nitrogens with two attached hydrogens (primary N) is 1.